The minimum Gasteiger partial charge on any atom is -0.478 e. The molecule has 2 rings (SSSR count). The van der Waals surface area contributed by atoms with Crippen LogP contribution < -0.4 is 0 Å². The number of fused-ring (bicyclic) bond motifs is 1. The molecular weight excluding hydrogens is 250 g/mol. The van der Waals surface area contributed by atoms with Crippen LogP contribution in [0.25, 0.3) is 10.9 Å². The number of hydrogen-bond acceptors (Lipinski definition) is 1. The van der Waals surface area contributed by atoms with E-state index < -0.39 is 5.97 Å². The highest BCUT2D eigenvalue weighted by atomic mass is 16.4. The number of hydrogen-bond donors (Lipinski definition) is 1. The van der Waals surface area contributed by atoms with Crippen LogP contribution in [0.2, 0.25) is 0 Å². The van der Waals surface area contributed by atoms with Crippen molar-refractivity contribution in [3.8, 4) is 0 Å². The van der Waals surface area contributed by atoms with Gasteiger partial charge in [-0.3, -0.25) is 0 Å². The molecular formula is C17H23NO2. The van der Waals surface area contributed by atoms with Gasteiger partial charge in [-0.05, 0) is 49.4 Å². The fourth-order valence-corrected chi connectivity index (χ4v) is 3.08. The first-order valence-corrected chi connectivity index (χ1v) is 7.36. The summed E-state index contributed by atoms with van der Waals surface area (Å²) >= 11 is 0. The van der Waals surface area contributed by atoms with Crippen LogP contribution in [0.15, 0.2) is 12.3 Å². The molecule has 3 heteroatoms. The lowest BCUT2D eigenvalue weighted by molar-refractivity contribution is 0.0696. The maximum atomic E-state index is 11.4. The summed E-state index contributed by atoms with van der Waals surface area (Å²) < 4.78 is 2.29. The van der Waals surface area contributed by atoms with E-state index in [0.717, 1.165) is 42.3 Å². The van der Waals surface area contributed by atoms with Crippen molar-refractivity contribution in [3.05, 3.63) is 34.5 Å². The maximum Gasteiger partial charge on any atom is 0.335 e. The summed E-state index contributed by atoms with van der Waals surface area (Å²) in [6, 6.07) is 1.81. The first kappa shape index (κ1) is 14.6. The molecule has 20 heavy (non-hydrogen) atoms. The third-order valence-corrected chi connectivity index (χ3v) is 3.88. The second-order valence-corrected chi connectivity index (χ2v) is 5.49. The fraction of sp³-hybridized carbons (Fsp3) is 0.471. The van der Waals surface area contributed by atoms with Crippen LogP contribution in [0.4, 0.5) is 0 Å². The van der Waals surface area contributed by atoms with Gasteiger partial charge in [-0.15, -0.1) is 0 Å². The molecule has 1 N–H and O–H groups in total. The molecule has 0 fully saturated rings. The number of carboxylic acids is 1. The summed E-state index contributed by atoms with van der Waals surface area (Å²) in [7, 11) is 0. The first-order chi connectivity index (χ1) is 9.51. The fourth-order valence-electron chi connectivity index (χ4n) is 3.08. The maximum absolute atomic E-state index is 11.4. The van der Waals surface area contributed by atoms with Gasteiger partial charge in [0.25, 0.3) is 0 Å². The second-order valence-electron chi connectivity index (χ2n) is 5.49. The second kappa shape index (κ2) is 5.70. The Morgan fingerprint density at radius 3 is 2.50 bits per heavy atom. The van der Waals surface area contributed by atoms with Crippen LogP contribution in [-0.4, -0.2) is 15.6 Å². The Balaban J connectivity index is 2.82. The van der Waals surface area contributed by atoms with Gasteiger partial charge in [0.05, 0.1) is 11.1 Å². The largest absolute Gasteiger partial charge is 0.478 e. The molecule has 0 saturated heterocycles. The highest BCUT2D eigenvalue weighted by Gasteiger charge is 2.18. The van der Waals surface area contributed by atoms with Crippen LogP contribution in [0.1, 0.15) is 53.7 Å². The number of aryl methyl sites for hydroxylation is 4. The number of aromatic carboxylic acids is 1. The summed E-state index contributed by atoms with van der Waals surface area (Å²) in [5.41, 5.74) is 4.87. The number of carboxylic acid groups (broad SMARTS) is 1. The normalized spacial score (nSPS) is 11.2. The van der Waals surface area contributed by atoms with E-state index in [2.05, 4.69) is 24.6 Å². The van der Waals surface area contributed by atoms with Crippen molar-refractivity contribution < 1.29 is 9.90 Å². The molecule has 0 bridgehead atoms. The molecule has 0 aliphatic rings. The number of aromatic nitrogens is 1. The lowest BCUT2D eigenvalue weighted by Gasteiger charge is -2.10. The average Bonchev–Trinajstić information content (AvgIpc) is 2.74. The molecule has 0 amide bonds. The Bertz CT molecular complexity index is 653. The van der Waals surface area contributed by atoms with E-state index in [1.807, 2.05) is 19.9 Å². The summed E-state index contributed by atoms with van der Waals surface area (Å²) in [4.78, 5) is 11.4. The molecule has 0 spiro atoms. The SMILES string of the molecule is CCCc1cn(CCC)c2c(C)cc(C(=O)O)c(C)c12. The molecule has 1 aromatic carbocycles. The zero-order chi connectivity index (χ0) is 14.9. The highest BCUT2D eigenvalue weighted by Crippen LogP contribution is 2.31. The zero-order valence-corrected chi connectivity index (χ0v) is 12.8. The van der Waals surface area contributed by atoms with Crippen molar-refractivity contribution in [2.45, 2.75) is 53.5 Å². The van der Waals surface area contributed by atoms with Crippen LogP contribution in [-0.2, 0) is 13.0 Å². The van der Waals surface area contributed by atoms with Crippen LogP contribution in [0.5, 0.6) is 0 Å². The molecule has 0 aliphatic carbocycles. The van der Waals surface area contributed by atoms with E-state index in [-0.39, 0.29) is 0 Å². The average molecular weight is 273 g/mol. The van der Waals surface area contributed by atoms with Crippen molar-refractivity contribution in [3.63, 3.8) is 0 Å². The Hall–Kier alpha value is -1.77. The lowest BCUT2D eigenvalue weighted by atomic mass is 9.97. The van der Waals surface area contributed by atoms with E-state index in [4.69, 9.17) is 0 Å². The Labute approximate surface area is 120 Å². The molecule has 2 aromatic rings. The number of benzene rings is 1. The van der Waals surface area contributed by atoms with Crippen molar-refractivity contribution in [2.24, 2.45) is 0 Å². The lowest BCUT2D eigenvalue weighted by Crippen LogP contribution is -2.03. The van der Waals surface area contributed by atoms with Gasteiger partial charge >= 0.3 is 5.97 Å². The van der Waals surface area contributed by atoms with E-state index in [0.29, 0.717) is 5.56 Å². The van der Waals surface area contributed by atoms with Gasteiger partial charge in [-0.25, -0.2) is 4.79 Å². The van der Waals surface area contributed by atoms with Crippen molar-refractivity contribution in [1.82, 2.24) is 4.57 Å². The minimum absolute atomic E-state index is 0.432. The summed E-state index contributed by atoms with van der Waals surface area (Å²) in [5.74, 6) is -0.835. The van der Waals surface area contributed by atoms with Gasteiger partial charge in [0, 0.05) is 18.1 Å². The predicted octanol–water partition coefficient (Wildman–Crippen LogP) is 4.32. The molecule has 0 saturated carbocycles. The summed E-state index contributed by atoms with van der Waals surface area (Å²) in [5, 5.41) is 10.5. The van der Waals surface area contributed by atoms with Crippen LogP contribution in [0.3, 0.4) is 0 Å². The molecule has 108 valence electrons. The minimum atomic E-state index is -0.835. The number of rotatable bonds is 5. The van der Waals surface area contributed by atoms with E-state index in [9.17, 15) is 9.90 Å². The smallest absolute Gasteiger partial charge is 0.335 e. The first-order valence-electron chi connectivity index (χ1n) is 7.36. The third-order valence-electron chi connectivity index (χ3n) is 3.88. The van der Waals surface area contributed by atoms with Gasteiger partial charge in [0.2, 0.25) is 0 Å². The number of carbonyl (C=O) groups is 1. The Morgan fingerprint density at radius 2 is 1.95 bits per heavy atom. The van der Waals surface area contributed by atoms with E-state index in [1.54, 1.807) is 0 Å². The van der Waals surface area contributed by atoms with Gasteiger partial charge < -0.3 is 9.67 Å². The van der Waals surface area contributed by atoms with Crippen LogP contribution in [0, 0.1) is 13.8 Å². The van der Waals surface area contributed by atoms with Gasteiger partial charge in [-0.2, -0.15) is 0 Å². The quantitative estimate of drug-likeness (QED) is 0.881. The van der Waals surface area contributed by atoms with E-state index in [1.165, 1.54) is 11.1 Å². The van der Waals surface area contributed by atoms with Crippen LogP contribution >= 0.6 is 0 Å². The molecule has 0 radical (unpaired) electrons. The summed E-state index contributed by atoms with van der Waals surface area (Å²) in [6.45, 7) is 9.25. The molecule has 0 aliphatic heterocycles. The van der Waals surface area contributed by atoms with Gasteiger partial charge in [0.15, 0.2) is 0 Å². The Kier molecular flexibility index (Phi) is 4.17. The molecule has 0 atom stereocenters. The molecule has 0 unspecified atom stereocenters. The molecule has 1 heterocycles. The zero-order valence-electron chi connectivity index (χ0n) is 12.8. The standard InChI is InChI=1S/C17H23NO2/c1-5-7-13-10-18(8-6-2)16-11(3)9-14(17(19)20)12(4)15(13)16/h9-10H,5-8H2,1-4H3,(H,19,20). The van der Waals surface area contributed by atoms with Crippen molar-refractivity contribution in [2.75, 3.05) is 0 Å². The third kappa shape index (κ3) is 2.33. The molecule has 3 nitrogen and oxygen atoms in total. The highest BCUT2D eigenvalue weighted by molar-refractivity contribution is 5.99. The van der Waals surface area contributed by atoms with Gasteiger partial charge in [-0.1, -0.05) is 20.3 Å². The summed E-state index contributed by atoms with van der Waals surface area (Å²) in [6.07, 6.45) is 5.36. The topological polar surface area (TPSA) is 42.2 Å². The monoisotopic (exact) mass is 273 g/mol. The molecule has 1 aromatic heterocycles. The predicted molar refractivity (Wildman–Crippen MR) is 82.7 cm³/mol. The van der Waals surface area contributed by atoms with E-state index >= 15 is 0 Å². The Morgan fingerprint density at radius 1 is 1.25 bits per heavy atom. The van der Waals surface area contributed by atoms with Crippen molar-refractivity contribution in [1.29, 1.82) is 0 Å². The van der Waals surface area contributed by atoms with Crippen molar-refractivity contribution >= 4 is 16.9 Å². The van der Waals surface area contributed by atoms with Gasteiger partial charge in [0.1, 0.15) is 0 Å². The number of nitrogens with zero attached hydrogens (tertiary/aromatic N) is 1.